The Labute approximate surface area is 131 Å². The molecule has 0 saturated heterocycles. The van der Waals surface area contributed by atoms with Crippen LogP contribution in [-0.2, 0) is 29.1 Å². The fourth-order valence-corrected chi connectivity index (χ4v) is 5.16. The standard InChI is InChI=1S/C14H21NO4.Zn/c16-12(17)7-15(8-13(18)19)14-4-9-1-10(5-14)3-11(2-9)6-14;/h9-11H,1-8H2,(H,16,17)(H,18,19);/q;+2/p-2. The van der Waals surface area contributed by atoms with Crippen molar-refractivity contribution in [3.05, 3.63) is 0 Å². The summed E-state index contributed by atoms with van der Waals surface area (Å²) in [4.78, 5) is 23.4. The molecule has 4 bridgehead atoms. The molecule has 0 aromatic heterocycles. The molecular weight excluding hydrogens is 312 g/mol. The van der Waals surface area contributed by atoms with Gasteiger partial charge in [0.1, 0.15) is 0 Å². The predicted molar refractivity (Wildman–Crippen MR) is 62.5 cm³/mol. The maximum atomic E-state index is 10.9. The summed E-state index contributed by atoms with van der Waals surface area (Å²) < 4.78 is 0. The first kappa shape index (κ1) is 15.9. The maximum Gasteiger partial charge on any atom is 2.00 e. The molecule has 6 heteroatoms. The summed E-state index contributed by atoms with van der Waals surface area (Å²) in [6, 6.07) is 0. The molecule has 4 fully saturated rings. The van der Waals surface area contributed by atoms with Crippen LogP contribution in [0.25, 0.3) is 0 Å². The van der Waals surface area contributed by atoms with Gasteiger partial charge in [-0.2, -0.15) is 0 Å². The van der Waals surface area contributed by atoms with E-state index in [1.165, 1.54) is 19.3 Å². The molecule has 4 aliphatic carbocycles. The van der Waals surface area contributed by atoms with Gasteiger partial charge in [-0.3, -0.25) is 4.90 Å². The third-order valence-electron chi connectivity index (χ3n) is 5.32. The van der Waals surface area contributed by atoms with E-state index in [0.29, 0.717) is 17.8 Å². The van der Waals surface area contributed by atoms with Crippen molar-refractivity contribution in [2.24, 2.45) is 17.8 Å². The monoisotopic (exact) mass is 329 g/mol. The third-order valence-corrected chi connectivity index (χ3v) is 5.32. The summed E-state index contributed by atoms with van der Waals surface area (Å²) in [5.74, 6) is -0.444. The van der Waals surface area contributed by atoms with Crippen molar-refractivity contribution >= 4 is 11.9 Å². The first-order valence-electron chi connectivity index (χ1n) is 7.11. The largest absolute Gasteiger partial charge is 2.00 e. The van der Waals surface area contributed by atoms with Gasteiger partial charge in [-0.1, -0.05) is 0 Å². The number of aliphatic carboxylic acids is 2. The predicted octanol–water partition coefficient (Wildman–Crippen LogP) is -1.25. The van der Waals surface area contributed by atoms with E-state index in [0.717, 1.165) is 19.3 Å². The van der Waals surface area contributed by atoms with Crippen molar-refractivity contribution in [3.63, 3.8) is 0 Å². The molecule has 0 atom stereocenters. The van der Waals surface area contributed by atoms with E-state index in [9.17, 15) is 19.8 Å². The van der Waals surface area contributed by atoms with E-state index >= 15 is 0 Å². The summed E-state index contributed by atoms with van der Waals surface area (Å²) in [6.07, 6.45) is 6.55. The molecule has 0 radical (unpaired) electrons. The molecule has 0 aromatic carbocycles. The van der Waals surface area contributed by atoms with Crippen molar-refractivity contribution in [1.82, 2.24) is 4.90 Å². The van der Waals surface area contributed by atoms with Gasteiger partial charge >= 0.3 is 19.5 Å². The Morgan fingerprint density at radius 2 is 1.25 bits per heavy atom. The van der Waals surface area contributed by atoms with E-state index in [2.05, 4.69) is 0 Å². The average Bonchev–Trinajstić information content (AvgIpc) is 2.24. The van der Waals surface area contributed by atoms with E-state index in [1.54, 1.807) is 4.90 Å². The van der Waals surface area contributed by atoms with E-state index in [-0.39, 0.29) is 38.1 Å². The summed E-state index contributed by atoms with van der Waals surface area (Å²) in [5, 5.41) is 21.8. The SMILES string of the molecule is O=C([O-])CN(CC(=O)[O-])C12CC3CC(CC(C3)C1)C2.[Zn+2]. The van der Waals surface area contributed by atoms with Crippen LogP contribution >= 0.6 is 0 Å². The molecule has 20 heavy (non-hydrogen) atoms. The van der Waals surface area contributed by atoms with Gasteiger partial charge in [0.2, 0.25) is 0 Å². The maximum absolute atomic E-state index is 10.9. The van der Waals surface area contributed by atoms with Crippen molar-refractivity contribution in [2.75, 3.05) is 13.1 Å². The normalized spacial score (nSPS) is 37.8. The zero-order chi connectivity index (χ0) is 13.6. The molecule has 106 valence electrons. The molecular formula is C14H19NO4Zn. The van der Waals surface area contributed by atoms with Gasteiger partial charge in [-0.05, 0) is 56.3 Å². The van der Waals surface area contributed by atoms with Gasteiger partial charge in [-0.25, -0.2) is 0 Å². The average molecular weight is 331 g/mol. The van der Waals surface area contributed by atoms with Gasteiger partial charge in [0.05, 0.1) is 11.9 Å². The molecule has 4 saturated carbocycles. The zero-order valence-electron chi connectivity index (χ0n) is 11.7. The molecule has 4 rings (SSSR count). The summed E-state index contributed by atoms with van der Waals surface area (Å²) in [6.45, 7) is -0.583. The minimum Gasteiger partial charge on any atom is -0.549 e. The first-order chi connectivity index (χ1) is 8.97. The van der Waals surface area contributed by atoms with Gasteiger partial charge in [0.25, 0.3) is 0 Å². The minimum atomic E-state index is -1.20. The Kier molecular flexibility index (Phi) is 4.55. The summed E-state index contributed by atoms with van der Waals surface area (Å²) >= 11 is 0. The second kappa shape index (κ2) is 5.72. The van der Waals surface area contributed by atoms with E-state index in [4.69, 9.17) is 0 Å². The minimum absolute atomic E-state index is 0. The summed E-state index contributed by atoms with van der Waals surface area (Å²) in [7, 11) is 0. The van der Waals surface area contributed by atoms with Crippen LogP contribution < -0.4 is 10.2 Å². The van der Waals surface area contributed by atoms with E-state index < -0.39 is 11.9 Å². The molecule has 0 unspecified atom stereocenters. The molecule has 5 nitrogen and oxygen atoms in total. The molecule has 0 N–H and O–H groups in total. The van der Waals surface area contributed by atoms with Crippen LogP contribution in [0.5, 0.6) is 0 Å². The second-order valence-corrected chi connectivity index (χ2v) is 6.74. The second-order valence-electron chi connectivity index (χ2n) is 6.74. The van der Waals surface area contributed by atoms with Gasteiger partial charge in [-0.15, -0.1) is 0 Å². The van der Waals surface area contributed by atoms with Crippen LogP contribution in [0.3, 0.4) is 0 Å². The van der Waals surface area contributed by atoms with Crippen molar-refractivity contribution in [1.29, 1.82) is 0 Å². The van der Waals surface area contributed by atoms with Gasteiger partial charge in [0, 0.05) is 18.6 Å². The van der Waals surface area contributed by atoms with Gasteiger partial charge in [0.15, 0.2) is 0 Å². The fourth-order valence-electron chi connectivity index (χ4n) is 5.16. The van der Waals surface area contributed by atoms with Crippen molar-refractivity contribution in [3.8, 4) is 0 Å². The van der Waals surface area contributed by atoms with Crippen LogP contribution in [0.4, 0.5) is 0 Å². The molecule has 0 amide bonds. The number of carboxylic acid groups (broad SMARTS) is 2. The van der Waals surface area contributed by atoms with Crippen molar-refractivity contribution in [2.45, 2.75) is 44.1 Å². The van der Waals surface area contributed by atoms with E-state index in [1.807, 2.05) is 0 Å². The molecule has 0 heterocycles. The summed E-state index contributed by atoms with van der Waals surface area (Å²) in [5.41, 5.74) is -0.227. The Balaban J connectivity index is 0.00000147. The number of carbonyl (C=O) groups is 2. The number of carbonyl (C=O) groups excluding carboxylic acids is 2. The Hall–Kier alpha value is -0.477. The number of carboxylic acids is 2. The van der Waals surface area contributed by atoms with Crippen molar-refractivity contribution < 1.29 is 39.3 Å². The Bertz CT molecular complexity index is 361. The van der Waals surface area contributed by atoms with Gasteiger partial charge < -0.3 is 19.8 Å². The zero-order valence-corrected chi connectivity index (χ0v) is 14.6. The molecule has 0 spiro atoms. The smallest absolute Gasteiger partial charge is 0.549 e. The first-order valence-corrected chi connectivity index (χ1v) is 7.11. The Morgan fingerprint density at radius 3 is 1.55 bits per heavy atom. The fraction of sp³-hybridized carbons (Fsp3) is 0.857. The Morgan fingerprint density at radius 1 is 0.900 bits per heavy atom. The molecule has 0 aromatic rings. The van der Waals surface area contributed by atoms with Crippen LogP contribution in [0.15, 0.2) is 0 Å². The number of hydrogen-bond donors (Lipinski definition) is 0. The molecule has 4 aliphatic rings. The van der Waals surface area contributed by atoms with Crippen LogP contribution in [0.2, 0.25) is 0 Å². The third kappa shape index (κ3) is 2.91. The van der Waals surface area contributed by atoms with Crippen LogP contribution in [0, 0.1) is 17.8 Å². The van der Waals surface area contributed by atoms with Crippen LogP contribution in [-0.4, -0.2) is 35.5 Å². The quantitative estimate of drug-likeness (QED) is 0.589. The van der Waals surface area contributed by atoms with Crippen LogP contribution in [0.1, 0.15) is 38.5 Å². The molecule has 0 aliphatic heterocycles. The number of nitrogens with zero attached hydrogens (tertiary/aromatic N) is 1. The number of rotatable bonds is 5. The number of hydrogen-bond acceptors (Lipinski definition) is 5. The topological polar surface area (TPSA) is 83.5 Å².